The van der Waals surface area contributed by atoms with Gasteiger partial charge in [-0.25, -0.2) is 0 Å². The Kier molecular flexibility index (Phi) is 5.82. The number of para-hydroxylation sites is 3. The number of rotatable bonds is 5. The van der Waals surface area contributed by atoms with Crippen molar-refractivity contribution < 1.29 is 0 Å². The van der Waals surface area contributed by atoms with E-state index in [0.29, 0.717) is 0 Å². The fraction of sp³-hybridized carbons (Fsp3) is 0. The molecule has 3 nitrogen and oxygen atoms in total. The highest BCUT2D eigenvalue weighted by molar-refractivity contribution is 6.18. The van der Waals surface area contributed by atoms with E-state index in [4.69, 9.17) is 0 Å². The molecule has 0 saturated carbocycles. The van der Waals surface area contributed by atoms with E-state index in [2.05, 4.69) is 190 Å². The summed E-state index contributed by atoms with van der Waals surface area (Å²) in [5.74, 6) is 0. The number of hydrogen-bond acceptors (Lipinski definition) is 1. The van der Waals surface area contributed by atoms with Crippen LogP contribution in [0.25, 0.3) is 54.9 Å². The Hall–Kier alpha value is -6.06. The number of nitrogens with zero attached hydrogens (tertiary/aromatic N) is 3. The van der Waals surface area contributed by atoms with Crippen molar-refractivity contribution in [1.82, 2.24) is 9.13 Å². The minimum Gasteiger partial charge on any atom is -0.315 e. The van der Waals surface area contributed by atoms with Gasteiger partial charge in [-0.15, -0.1) is 0 Å². The lowest BCUT2D eigenvalue weighted by atomic mass is 10.1. The van der Waals surface area contributed by atoms with Crippen LogP contribution in [0.3, 0.4) is 0 Å². The van der Waals surface area contributed by atoms with Gasteiger partial charge in [0.05, 0.1) is 16.6 Å². The lowest BCUT2D eigenvalue weighted by Crippen LogP contribution is -2.10. The van der Waals surface area contributed by atoms with Crippen LogP contribution >= 0.6 is 0 Å². The van der Waals surface area contributed by atoms with Crippen molar-refractivity contribution in [3.05, 3.63) is 176 Å². The van der Waals surface area contributed by atoms with Crippen molar-refractivity contribution >= 4 is 60.5 Å². The molecule has 0 aliphatic rings. The lowest BCUT2D eigenvalue weighted by molar-refractivity contribution is 1.11. The molecule has 0 fully saturated rings. The summed E-state index contributed by atoms with van der Waals surface area (Å²) in [6, 6.07) is 60.9. The molecule has 45 heavy (non-hydrogen) atoms. The van der Waals surface area contributed by atoms with E-state index in [0.717, 1.165) is 28.4 Å². The SMILES string of the molecule is c1ccc(N(c2ccc(-n3c4ccccc4c4ccc5ccn(-c6ccccc6)c5c43)cc2)c2ccc3ccccc3c2)cc1. The highest BCUT2D eigenvalue weighted by Gasteiger charge is 2.19. The monoisotopic (exact) mass is 575 g/mol. The highest BCUT2D eigenvalue weighted by Crippen LogP contribution is 2.40. The molecule has 212 valence electrons. The largest absolute Gasteiger partial charge is 0.315 e. The average Bonchev–Trinajstić information content (AvgIpc) is 3.69. The zero-order chi connectivity index (χ0) is 29.7. The third kappa shape index (κ3) is 4.13. The minimum atomic E-state index is 1.11. The Labute approximate surface area is 261 Å². The van der Waals surface area contributed by atoms with Crippen LogP contribution in [-0.4, -0.2) is 9.13 Å². The van der Waals surface area contributed by atoms with Crippen LogP contribution in [0.4, 0.5) is 17.1 Å². The van der Waals surface area contributed by atoms with E-state index >= 15 is 0 Å². The molecule has 0 amide bonds. The first-order chi connectivity index (χ1) is 22.3. The van der Waals surface area contributed by atoms with Crippen molar-refractivity contribution in [3.8, 4) is 11.4 Å². The molecule has 7 aromatic carbocycles. The highest BCUT2D eigenvalue weighted by atomic mass is 15.1. The maximum atomic E-state index is 2.43. The summed E-state index contributed by atoms with van der Waals surface area (Å²) in [5, 5.41) is 6.19. The summed E-state index contributed by atoms with van der Waals surface area (Å²) < 4.78 is 4.75. The molecule has 0 spiro atoms. The molecule has 0 N–H and O–H groups in total. The van der Waals surface area contributed by atoms with E-state index in [9.17, 15) is 0 Å². The third-order valence-electron chi connectivity index (χ3n) is 8.89. The van der Waals surface area contributed by atoms with Crippen LogP contribution in [0.5, 0.6) is 0 Å². The van der Waals surface area contributed by atoms with Crippen LogP contribution in [0, 0.1) is 0 Å². The molecule has 0 bridgehead atoms. The van der Waals surface area contributed by atoms with Gasteiger partial charge in [0.1, 0.15) is 0 Å². The van der Waals surface area contributed by atoms with Gasteiger partial charge in [-0.2, -0.15) is 0 Å². The van der Waals surface area contributed by atoms with E-state index in [-0.39, 0.29) is 0 Å². The number of aromatic nitrogens is 2. The Bertz CT molecular complexity index is 2470. The first-order valence-electron chi connectivity index (χ1n) is 15.4. The molecule has 0 saturated heterocycles. The lowest BCUT2D eigenvalue weighted by Gasteiger charge is -2.26. The topological polar surface area (TPSA) is 13.1 Å². The first-order valence-corrected chi connectivity index (χ1v) is 15.4. The zero-order valence-electron chi connectivity index (χ0n) is 24.6. The summed E-state index contributed by atoms with van der Waals surface area (Å²) in [6.45, 7) is 0. The van der Waals surface area contributed by atoms with Crippen LogP contribution in [-0.2, 0) is 0 Å². The Morgan fingerprint density at radius 2 is 1.02 bits per heavy atom. The van der Waals surface area contributed by atoms with Gasteiger partial charge < -0.3 is 14.0 Å². The molecule has 9 rings (SSSR count). The average molecular weight is 576 g/mol. The maximum Gasteiger partial charge on any atom is 0.0788 e. The normalized spacial score (nSPS) is 11.6. The zero-order valence-corrected chi connectivity index (χ0v) is 24.6. The number of benzene rings is 7. The summed E-state index contributed by atoms with van der Waals surface area (Å²) in [6.07, 6.45) is 2.19. The summed E-state index contributed by atoms with van der Waals surface area (Å²) in [4.78, 5) is 2.33. The molecule has 9 aromatic rings. The molecule has 3 heteroatoms. The predicted molar refractivity (Wildman–Crippen MR) is 190 cm³/mol. The van der Waals surface area contributed by atoms with Gasteiger partial charge in [0, 0.05) is 50.8 Å². The van der Waals surface area contributed by atoms with Crippen molar-refractivity contribution in [2.45, 2.75) is 0 Å². The first kappa shape index (κ1) is 25.4. The van der Waals surface area contributed by atoms with Gasteiger partial charge in [0.15, 0.2) is 0 Å². The molecule has 0 atom stereocenters. The van der Waals surface area contributed by atoms with Gasteiger partial charge in [0.2, 0.25) is 0 Å². The fourth-order valence-corrected chi connectivity index (χ4v) is 6.84. The van der Waals surface area contributed by atoms with Crippen LogP contribution < -0.4 is 4.90 Å². The van der Waals surface area contributed by atoms with Gasteiger partial charge in [-0.05, 0) is 83.6 Å². The molecule has 0 aliphatic heterocycles. The van der Waals surface area contributed by atoms with Crippen molar-refractivity contribution in [2.24, 2.45) is 0 Å². The summed E-state index contributed by atoms with van der Waals surface area (Å²) in [7, 11) is 0. The van der Waals surface area contributed by atoms with Crippen LogP contribution in [0.15, 0.2) is 176 Å². The number of hydrogen-bond donors (Lipinski definition) is 0. The smallest absolute Gasteiger partial charge is 0.0788 e. The standard InChI is InChI=1S/C42H29N3/c1-3-13-33(14-4-1)43-28-27-31-20-26-39-38-17-9-10-18-40(38)45(42(39)41(31)43)36-24-22-35(23-25-36)44(34-15-5-2-6-16-34)37-21-19-30-11-7-8-12-32(30)29-37/h1-29H. The second kappa shape index (κ2) is 10.3. The number of anilines is 3. The van der Waals surface area contributed by atoms with E-state index in [1.165, 1.54) is 43.5 Å². The van der Waals surface area contributed by atoms with E-state index in [1.807, 2.05) is 0 Å². The Balaban J connectivity index is 1.25. The van der Waals surface area contributed by atoms with Gasteiger partial charge in [-0.1, -0.05) is 97.1 Å². The molecule has 0 radical (unpaired) electrons. The second-order valence-electron chi connectivity index (χ2n) is 11.5. The van der Waals surface area contributed by atoms with E-state index < -0.39 is 0 Å². The Morgan fingerprint density at radius 1 is 0.378 bits per heavy atom. The molecule has 2 aromatic heterocycles. The summed E-state index contributed by atoms with van der Waals surface area (Å²) >= 11 is 0. The summed E-state index contributed by atoms with van der Waals surface area (Å²) in [5.41, 5.74) is 9.27. The predicted octanol–water partition coefficient (Wildman–Crippen LogP) is 11.4. The third-order valence-corrected chi connectivity index (χ3v) is 8.89. The van der Waals surface area contributed by atoms with Crippen LogP contribution in [0.2, 0.25) is 0 Å². The van der Waals surface area contributed by atoms with Gasteiger partial charge >= 0.3 is 0 Å². The van der Waals surface area contributed by atoms with Gasteiger partial charge in [-0.3, -0.25) is 0 Å². The molecule has 2 heterocycles. The maximum absolute atomic E-state index is 2.43. The van der Waals surface area contributed by atoms with Crippen molar-refractivity contribution in [1.29, 1.82) is 0 Å². The molecular weight excluding hydrogens is 546 g/mol. The van der Waals surface area contributed by atoms with Crippen molar-refractivity contribution in [2.75, 3.05) is 4.90 Å². The van der Waals surface area contributed by atoms with Gasteiger partial charge in [0.25, 0.3) is 0 Å². The molecular formula is C42H29N3. The fourth-order valence-electron chi connectivity index (χ4n) is 6.84. The number of fused-ring (bicyclic) bond motifs is 6. The second-order valence-corrected chi connectivity index (χ2v) is 11.5. The minimum absolute atomic E-state index is 1.11. The van der Waals surface area contributed by atoms with Crippen molar-refractivity contribution in [3.63, 3.8) is 0 Å². The molecule has 0 unspecified atom stereocenters. The van der Waals surface area contributed by atoms with E-state index in [1.54, 1.807) is 0 Å². The Morgan fingerprint density at radius 3 is 1.84 bits per heavy atom. The molecule has 0 aliphatic carbocycles. The van der Waals surface area contributed by atoms with Crippen LogP contribution in [0.1, 0.15) is 0 Å². The quantitative estimate of drug-likeness (QED) is 0.199.